The maximum Gasteiger partial charge on any atom is 0.258 e. The van der Waals surface area contributed by atoms with Crippen LogP contribution in [0.1, 0.15) is 23.7 Å². The van der Waals surface area contributed by atoms with Crippen LogP contribution >= 0.6 is 15.9 Å². The second kappa shape index (κ2) is 4.91. The smallest absolute Gasteiger partial charge is 0.258 e. The van der Waals surface area contributed by atoms with E-state index in [2.05, 4.69) is 21.2 Å². The van der Waals surface area contributed by atoms with E-state index >= 15 is 0 Å². The Morgan fingerprint density at radius 3 is 2.57 bits per heavy atom. The summed E-state index contributed by atoms with van der Waals surface area (Å²) >= 11 is 3.24. The van der Waals surface area contributed by atoms with Crippen LogP contribution in [0.2, 0.25) is 0 Å². The lowest BCUT2D eigenvalue weighted by atomic mass is 10.2. The number of carbonyl (C=O) groups excluding carboxylic acids is 2. The van der Waals surface area contributed by atoms with Crippen LogP contribution in [0.4, 0.5) is 0 Å². The van der Waals surface area contributed by atoms with Gasteiger partial charge >= 0.3 is 0 Å². The lowest BCUT2D eigenvalue weighted by Gasteiger charge is -2.03. The zero-order valence-electron chi connectivity index (χ0n) is 7.71. The van der Waals surface area contributed by atoms with Crippen LogP contribution in [0.5, 0.6) is 0 Å². The molecule has 0 atom stereocenters. The molecule has 1 rings (SSSR count). The average Bonchev–Trinajstić information content (AvgIpc) is 2.18. The molecule has 0 heterocycles. The summed E-state index contributed by atoms with van der Waals surface area (Å²) in [4.78, 5) is 22.4. The molecular weight excluding hydrogens is 246 g/mol. The number of amides is 2. The van der Waals surface area contributed by atoms with Gasteiger partial charge in [-0.25, -0.2) is 0 Å². The Labute approximate surface area is 90.6 Å². The van der Waals surface area contributed by atoms with Gasteiger partial charge in [0.1, 0.15) is 0 Å². The highest BCUT2D eigenvalue weighted by Crippen LogP contribution is 2.15. The fourth-order valence-electron chi connectivity index (χ4n) is 0.928. The van der Waals surface area contributed by atoms with Crippen molar-refractivity contribution in [3.05, 3.63) is 34.3 Å². The zero-order valence-corrected chi connectivity index (χ0v) is 9.30. The summed E-state index contributed by atoms with van der Waals surface area (Å²) < 4.78 is 0.682. The van der Waals surface area contributed by atoms with E-state index in [4.69, 9.17) is 0 Å². The predicted molar refractivity (Wildman–Crippen MR) is 56.9 cm³/mol. The van der Waals surface area contributed by atoms with Crippen LogP contribution in [0.25, 0.3) is 0 Å². The van der Waals surface area contributed by atoms with Gasteiger partial charge in [-0.2, -0.15) is 0 Å². The molecule has 1 aromatic rings. The maximum absolute atomic E-state index is 11.5. The van der Waals surface area contributed by atoms with Crippen molar-refractivity contribution >= 4 is 27.7 Å². The van der Waals surface area contributed by atoms with E-state index in [9.17, 15) is 9.59 Å². The molecule has 0 bridgehead atoms. The molecule has 1 aromatic carbocycles. The van der Waals surface area contributed by atoms with Gasteiger partial charge in [-0.05, 0) is 28.1 Å². The summed E-state index contributed by atoms with van der Waals surface area (Å²) in [6, 6.07) is 6.96. The molecule has 0 radical (unpaired) electrons. The number of hydrogen-bond donors (Lipinski definition) is 1. The highest BCUT2D eigenvalue weighted by Gasteiger charge is 2.10. The van der Waals surface area contributed by atoms with Crippen molar-refractivity contribution in [2.24, 2.45) is 0 Å². The first-order valence-corrected chi connectivity index (χ1v) is 5.03. The van der Waals surface area contributed by atoms with Gasteiger partial charge in [-0.1, -0.05) is 19.1 Å². The highest BCUT2D eigenvalue weighted by molar-refractivity contribution is 9.10. The van der Waals surface area contributed by atoms with Crippen LogP contribution in [0.15, 0.2) is 28.7 Å². The Balaban J connectivity index is 2.80. The van der Waals surface area contributed by atoms with E-state index in [1.165, 1.54) is 0 Å². The third-order valence-corrected chi connectivity index (χ3v) is 2.38. The van der Waals surface area contributed by atoms with Gasteiger partial charge in [0.05, 0.1) is 5.56 Å². The lowest BCUT2D eigenvalue weighted by molar-refractivity contribution is -0.119. The Bertz CT molecular complexity index is 363. The second-order valence-corrected chi connectivity index (χ2v) is 3.57. The summed E-state index contributed by atoms with van der Waals surface area (Å²) in [7, 11) is 0. The van der Waals surface area contributed by atoms with Crippen LogP contribution in [0.3, 0.4) is 0 Å². The topological polar surface area (TPSA) is 46.2 Å². The molecule has 0 aliphatic carbocycles. The summed E-state index contributed by atoms with van der Waals surface area (Å²) in [5.74, 6) is -0.643. The Hall–Kier alpha value is -1.16. The van der Waals surface area contributed by atoms with E-state index < -0.39 is 0 Å². The van der Waals surface area contributed by atoms with Crippen molar-refractivity contribution in [3.8, 4) is 0 Å². The molecule has 0 aromatic heterocycles. The van der Waals surface area contributed by atoms with E-state index in [-0.39, 0.29) is 11.8 Å². The molecule has 3 nitrogen and oxygen atoms in total. The minimum absolute atomic E-state index is 0.272. The molecule has 0 aliphatic rings. The van der Waals surface area contributed by atoms with Crippen molar-refractivity contribution in [3.63, 3.8) is 0 Å². The van der Waals surface area contributed by atoms with Gasteiger partial charge in [0.2, 0.25) is 5.91 Å². The Morgan fingerprint density at radius 2 is 2.00 bits per heavy atom. The fraction of sp³-hybridized carbons (Fsp3) is 0.200. The number of nitrogens with one attached hydrogen (secondary N) is 1. The van der Waals surface area contributed by atoms with Gasteiger partial charge in [0, 0.05) is 10.9 Å². The Morgan fingerprint density at radius 1 is 1.36 bits per heavy atom. The maximum atomic E-state index is 11.5. The monoisotopic (exact) mass is 255 g/mol. The summed E-state index contributed by atoms with van der Waals surface area (Å²) in [5.41, 5.74) is 0.467. The van der Waals surface area contributed by atoms with Gasteiger partial charge in [0.15, 0.2) is 0 Å². The largest absolute Gasteiger partial charge is 0.292 e. The number of imide groups is 1. The van der Waals surface area contributed by atoms with Crippen molar-refractivity contribution in [2.75, 3.05) is 0 Å². The standard InChI is InChI=1S/C10H10BrNO2/c1-2-9(13)12-10(14)7-5-3-4-6-8(7)11/h3-6H,2H2,1H3,(H,12,13,14). The molecule has 0 aliphatic heterocycles. The molecule has 1 N–H and O–H groups in total. The molecule has 0 saturated heterocycles. The normalized spacial score (nSPS) is 9.57. The summed E-state index contributed by atoms with van der Waals surface area (Å²) in [5, 5.41) is 2.28. The summed E-state index contributed by atoms with van der Waals surface area (Å²) in [6.45, 7) is 1.70. The zero-order chi connectivity index (χ0) is 10.6. The SMILES string of the molecule is CCC(=O)NC(=O)c1ccccc1Br. The molecular formula is C10H10BrNO2. The van der Waals surface area contributed by atoms with Crippen molar-refractivity contribution in [1.29, 1.82) is 0 Å². The molecule has 2 amide bonds. The minimum Gasteiger partial charge on any atom is -0.292 e. The summed E-state index contributed by atoms with van der Waals surface area (Å²) in [6.07, 6.45) is 0.302. The van der Waals surface area contributed by atoms with E-state index in [0.717, 1.165) is 0 Å². The second-order valence-electron chi connectivity index (χ2n) is 2.71. The molecule has 4 heteroatoms. The molecule has 0 unspecified atom stereocenters. The number of carbonyl (C=O) groups is 2. The minimum atomic E-state index is -0.371. The average molecular weight is 256 g/mol. The number of benzene rings is 1. The van der Waals surface area contributed by atoms with Crippen molar-refractivity contribution in [1.82, 2.24) is 5.32 Å². The van der Waals surface area contributed by atoms with Crippen LogP contribution in [-0.2, 0) is 4.79 Å². The van der Waals surface area contributed by atoms with Crippen LogP contribution in [-0.4, -0.2) is 11.8 Å². The number of rotatable bonds is 2. The van der Waals surface area contributed by atoms with Gasteiger partial charge in [-0.15, -0.1) is 0 Å². The quantitative estimate of drug-likeness (QED) is 0.880. The fourth-order valence-corrected chi connectivity index (χ4v) is 1.39. The van der Waals surface area contributed by atoms with Crippen molar-refractivity contribution < 1.29 is 9.59 Å². The Kier molecular flexibility index (Phi) is 3.83. The third-order valence-electron chi connectivity index (χ3n) is 1.69. The molecule has 0 saturated carbocycles. The highest BCUT2D eigenvalue weighted by atomic mass is 79.9. The third kappa shape index (κ3) is 2.67. The van der Waals surface area contributed by atoms with Gasteiger partial charge in [-0.3, -0.25) is 14.9 Å². The van der Waals surface area contributed by atoms with E-state index in [0.29, 0.717) is 16.5 Å². The lowest BCUT2D eigenvalue weighted by Crippen LogP contribution is -2.29. The number of hydrogen-bond acceptors (Lipinski definition) is 2. The molecule has 74 valence electrons. The van der Waals surface area contributed by atoms with E-state index in [1.54, 1.807) is 25.1 Å². The molecule has 0 fully saturated rings. The van der Waals surface area contributed by atoms with Gasteiger partial charge < -0.3 is 0 Å². The van der Waals surface area contributed by atoms with Crippen LogP contribution < -0.4 is 5.32 Å². The van der Waals surface area contributed by atoms with Crippen molar-refractivity contribution in [2.45, 2.75) is 13.3 Å². The molecule has 14 heavy (non-hydrogen) atoms. The van der Waals surface area contributed by atoms with Gasteiger partial charge in [0.25, 0.3) is 5.91 Å². The van der Waals surface area contributed by atoms with Crippen LogP contribution in [0, 0.1) is 0 Å². The first-order chi connectivity index (χ1) is 6.65. The molecule has 0 spiro atoms. The first kappa shape index (κ1) is 10.9. The van der Waals surface area contributed by atoms with E-state index in [1.807, 2.05) is 6.07 Å². The number of halogens is 1. The first-order valence-electron chi connectivity index (χ1n) is 4.24. The predicted octanol–water partition coefficient (Wildman–Crippen LogP) is 2.12.